The van der Waals surface area contributed by atoms with Crippen LogP contribution in [-0.4, -0.2) is 15.1 Å². The lowest BCUT2D eigenvalue weighted by molar-refractivity contribution is 0.209. The van der Waals surface area contributed by atoms with E-state index in [0.717, 1.165) is 35.0 Å². The molecule has 3 rings (SSSR count). The van der Waals surface area contributed by atoms with Crippen LogP contribution < -0.4 is 0 Å². The number of nitrogens with zero attached hydrogens (tertiary/aromatic N) is 2. The predicted molar refractivity (Wildman–Crippen MR) is 71.0 cm³/mol. The first-order valence-electron chi connectivity index (χ1n) is 6.43. The van der Waals surface area contributed by atoms with Crippen LogP contribution in [0.25, 0.3) is 11.0 Å². The van der Waals surface area contributed by atoms with Crippen LogP contribution in [0.2, 0.25) is 0 Å². The Labute approximate surface area is 106 Å². The Morgan fingerprint density at radius 2 is 2.00 bits per heavy atom. The molecule has 1 aromatic heterocycles. The van der Waals surface area contributed by atoms with Crippen molar-refractivity contribution in [1.29, 1.82) is 0 Å². The van der Waals surface area contributed by atoms with Crippen molar-refractivity contribution in [3.05, 3.63) is 47.8 Å². The molecule has 3 heteroatoms. The number of para-hydroxylation sites is 1. The van der Waals surface area contributed by atoms with Gasteiger partial charge in [-0.1, -0.05) is 18.2 Å². The third-order valence-corrected chi connectivity index (χ3v) is 3.50. The van der Waals surface area contributed by atoms with Crippen molar-refractivity contribution in [3.63, 3.8) is 0 Å². The first-order chi connectivity index (χ1) is 8.86. The van der Waals surface area contributed by atoms with Crippen LogP contribution in [0.4, 0.5) is 0 Å². The quantitative estimate of drug-likeness (QED) is 0.820. The Bertz CT molecular complexity index is 587. The van der Waals surface area contributed by atoms with Crippen LogP contribution >= 0.6 is 0 Å². The smallest absolute Gasteiger partial charge is 0.102 e. The molecule has 1 aliphatic carbocycles. The Hall–Kier alpha value is -1.74. The second kappa shape index (κ2) is 4.86. The van der Waals surface area contributed by atoms with Crippen molar-refractivity contribution in [2.75, 3.05) is 0 Å². The highest BCUT2D eigenvalue weighted by Gasteiger charge is 2.18. The van der Waals surface area contributed by atoms with Crippen LogP contribution in [0.15, 0.2) is 42.2 Å². The first kappa shape index (κ1) is 11.4. The molecule has 0 bridgehead atoms. The van der Waals surface area contributed by atoms with Crippen molar-refractivity contribution >= 4 is 11.0 Å². The summed E-state index contributed by atoms with van der Waals surface area (Å²) in [5.41, 5.74) is 3.64. The summed E-state index contributed by atoms with van der Waals surface area (Å²) in [6.45, 7) is 0. The maximum Gasteiger partial charge on any atom is 0.102 e. The lowest BCUT2D eigenvalue weighted by Crippen LogP contribution is -2.06. The van der Waals surface area contributed by atoms with E-state index >= 15 is 0 Å². The minimum atomic E-state index is -0.536. The van der Waals surface area contributed by atoms with E-state index in [9.17, 15) is 5.11 Å². The van der Waals surface area contributed by atoms with Gasteiger partial charge in [0.05, 0.1) is 11.0 Å². The number of benzene rings is 1. The molecule has 0 saturated carbocycles. The molecule has 2 aromatic rings. The van der Waals surface area contributed by atoms with E-state index in [1.807, 2.05) is 18.2 Å². The molecule has 1 unspecified atom stereocenters. The van der Waals surface area contributed by atoms with Crippen molar-refractivity contribution in [3.8, 4) is 0 Å². The molecular weight excluding hydrogens is 224 g/mol. The van der Waals surface area contributed by atoms with Gasteiger partial charge in [0.15, 0.2) is 0 Å². The lowest BCUT2D eigenvalue weighted by atomic mass is 9.91. The van der Waals surface area contributed by atoms with E-state index in [4.69, 9.17) is 0 Å². The molecule has 0 saturated heterocycles. The monoisotopic (exact) mass is 240 g/mol. The molecule has 0 aliphatic heterocycles. The predicted octanol–water partition coefficient (Wildman–Crippen LogP) is 3.16. The topological polar surface area (TPSA) is 46.0 Å². The van der Waals surface area contributed by atoms with E-state index in [0.29, 0.717) is 0 Å². The highest BCUT2D eigenvalue weighted by atomic mass is 16.3. The maximum absolute atomic E-state index is 10.5. The van der Waals surface area contributed by atoms with Crippen LogP contribution in [0.3, 0.4) is 0 Å². The van der Waals surface area contributed by atoms with E-state index < -0.39 is 6.10 Å². The summed E-state index contributed by atoms with van der Waals surface area (Å²) in [4.78, 5) is 8.62. The van der Waals surface area contributed by atoms with Gasteiger partial charge in [-0.15, -0.1) is 0 Å². The van der Waals surface area contributed by atoms with Crippen molar-refractivity contribution < 1.29 is 5.11 Å². The van der Waals surface area contributed by atoms with Gasteiger partial charge in [0.2, 0.25) is 0 Å². The van der Waals surface area contributed by atoms with Crippen LogP contribution in [0.5, 0.6) is 0 Å². The molecule has 1 aromatic carbocycles. The summed E-state index contributed by atoms with van der Waals surface area (Å²) in [5, 5.41) is 10.5. The summed E-state index contributed by atoms with van der Waals surface area (Å²) in [6.07, 6.45) is 9.44. The number of aliphatic hydroxyl groups is 1. The zero-order valence-corrected chi connectivity index (χ0v) is 10.2. The van der Waals surface area contributed by atoms with Crippen LogP contribution in [-0.2, 0) is 0 Å². The van der Waals surface area contributed by atoms with Gasteiger partial charge in [0, 0.05) is 18.0 Å². The van der Waals surface area contributed by atoms with Crippen molar-refractivity contribution in [2.24, 2.45) is 0 Å². The molecule has 18 heavy (non-hydrogen) atoms. The number of rotatable bonds is 2. The van der Waals surface area contributed by atoms with Gasteiger partial charge in [-0.25, -0.2) is 0 Å². The molecule has 3 nitrogen and oxygen atoms in total. The average Bonchev–Trinajstić information content (AvgIpc) is 2.47. The Kier molecular flexibility index (Phi) is 3.07. The molecule has 0 radical (unpaired) electrons. The number of hydrogen-bond donors (Lipinski definition) is 1. The summed E-state index contributed by atoms with van der Waals surface area (Å²) < 4.78 is 0. The second-order valence-corrected chi connectivity index (χ2v) is 4.70. The van der Waals surface area contributed by atoms with Gasteiger partial charge in [0.1, 0.15) is 6.10 Å². The van der Waals surface area contributed by atoms with E-state index in [2.05, 4.69) is 16.0 Å². The molecule has 0 amide bonds. The SMILES string of the molecule is OC(C1=CCCCC1)c1cccc2nccnc12. The Morgan fingerprint density at radius 1 is 1.11 bits per heavy atom. The number of fused-ring (bicyclic) bond motifs is 1. The highest BCUT2D eigenvalue weighted by molar-refractivity contribution is 5.78. The van der Waals surface area contributed by atoms with E-state index in [1.54, 1.807) is 12.4 Å². The number of hydrogen-bond acceptors (Lipinski definition) is 3. The zero-order chi connectivity index (χ0) is 12.4. The van der Waals surface area contributed by atoms with E-state index in [1.165, 1.54) is 12.8 Å². The highest BCUT2D eigenvalue weighted by Crippen LogP contribution is 2.32. The molecule has 92 valence electrons. The maximum atomic E-state index is 10.5. The van der Waals surface area contributed by atoms with Crippen molar-refractivity contribution in [2.45, 2.75) is 31.8 Å². The second-order valence-electron chi connectivity index (χ2n) is 4.70. The normalized spacial score (nSPS) is 17.5. The fourth-order valence-corrected chi connectivity index (χ4v) is 2.55. The largest absolute Gasteiger partial charge is 0.384 e. The van der Waals surface area contributed by atoms with Gasteiger partial charge < -0.3 is 5.11 Å². The molecule has 0 fully saturated rings. The summed E-state index contributed by atoms with van der Waals surface area (Å²) in [6, 6.07) is 5.80. The van der Waals surface area contributed by atoms with Gasteiger partial charge in [-0.2, -0.15) is 0 Å². The fraction of sp³-hybridized carbons (Fsp3) is 0.333. The minimum Gasteiger partial charge on any atom is -0.384 e. The van der Waals surface area contributed by atoms with Gasteiger partial charge >= 0.3 is 0 Å². The van der Waals surface area contributed by atoms with Gasteiger partial charge in [-0.05, 0) is 37.3 Å². The van der Waals surface area contributed by atoms with Crippen LogP contribution in [0, 0.1) is 0 Å². The molecule has 1 N–H and O–H groups in total. The first-order valence-corrected chi connectivity index (χ1v) is 6.43. The lowest BCUT2D eigenvalue weighted by Gasteiger charge is -2.19. The van der Waals surface area contributed by atoms with Gasteiger partial charge in [-0.3, -0.25) is 9.97 Å². The fourth-order valence-electron chi connectivity index (χ4n) is 2.55. The van der Waals surface area contributed by atoms with Crippen molar-refractivity contribution in [1.82, 2.24) is 9.97 Å². The number of aromatic nitrogens is 2. The third-order valence-electron chi connectivity index (χ3n) is 3.50. The molecule has 0 spiro atoms. The average molecular weight is 240 g/mol. The Balaban J connectivity index is 2.05. The minimum absolute atomic E-state index is 0.536. The van der Waals surface area contributed by atoms with Gasteiger partial charge in [0.25, 0.3) is 0 Å². The summed E-state index contributed by atoms with van der Waals surface area (Å²) >= 11 is 0. The Morgan fingerprint density at radius 3 is 2.83 bits per heavy atom. The number of aliphatic hydroxyl groups excluding tert-OH is 1. The standard InChI is InChI=1S/C15H16N2O/c18-15(11-5-2-1-3-6-11)12-7-4-8-13-14(12)17-10-9-16-13/h4-5,7-10,15,18H,1-3,6H2. The summed E-state index contributed by atoms with van der Waals surface area (Å²) in [7, 11) is 0. The summed E-state index contributed by atoms with van der Waals surface area (Å²) in [5.74, 6) is 0. The third kappa shape index (κ3) is 2.02. The molecule has 1 heterocycles. The molecular formula is C15H16N2O. The van der Waals surface area contributed by atoms with Crippen LogP contribution in [0.1, 0.15) is 37.4 Å². The zero-order valence-electron chi connectivity index (χ0n) is 10.2. The molecule has 1 aliphatic rings. The van der Waals surface area contributed by atoms with E-state index in [-0.39, 0.29) is 0 Å². The number of allylic oxidation sites excluding steroid dienone is 1. The molecule has 1 atom stereocenters.